The van der Waals surface area contributed by atoms with Crippen molar-refractivity contribution in [3.63, 3.8) is 0 Å². The molecule has 0 saturated carbocycles. The van der Waals surface area contributed by atoms with E-state index in [-0.39, 0.29) is 29.3 Å². The van der Waals surface area contributed by atoms with Crippen LogP contribution >= 0.6 is 0 Å². The molecule has 8 heteroatoms. The monoisotopic (exact) mass is 373 g/mol. The molecule has 27 heavy (non-hydrogen) atoms. The standard InChI is InChI=1S/C19H23N3O5/c1-11-8-22-9-13(7-14(22)10-26-11)20-18-16(19(23)24)17(27-21-18)12-3-5-15(25-2)6-4-12/h3-6,11,13-14H,7-10H2,1-2H3,(H,20,21)(H,23,24)/t11-,13-,14+/m1/s1. The number of nitrogens with zero attached hydrogens (tertiary/aromatic N) is 2. The van der Waals surface area contributed by atoms with Gasteiger partial charge in [-0.25, -0.2) is 4.79 Å². The summed E-state index contributed by atoms with van der Waals surface area (Å²) < 4.78 is 16.3. The second-order valence-corrected chi connectivity index (χ2v) is 7.10. The first-order valence-corrected chi connectivity index (χ1v) is 9.04. The lowest BCUT2D eigenvalue weighted by molar-refractivity contribution is -0.0390. The summed E-state index contributed by atoms with van der Waals surface area (Å²) in [5.74, 6) is 0.122. The summed E-state index contributed by atoms with van der Waals surface area (Å²) >= 11 is 0. The highest BCUT2D eigenvalue weighted by molar-refractivity contribution is 5.99. The van der Waals surface area contributed by atoms with Crippen LogP contribution in [0.3, 0.4) is 0 Å². The third-order valence-electron chi connectivity index (χ3n) is 5.19. The number of morpholine rings is 1. The number of hydrogen-bond donors (Lipinski definition) is 2. The van der Waals surface area contributed by atoms with Gasteiger partial charge in [0.2, 0.25) is 0 Å². The molecule has 2 aromatic rings. The van der Waals surface area contributed by atoms with Crippen LogP contribution in [0.2, 0.25) is 0 Å². The summed E-state index contributed by atoms with van der Waals surface area (Å²) in [6, 6.07) is 7.49. The van der Waals surface area contributed by atoms with E-state index in [1.807, 2.05) is 0 Å². The number of fused-ring (bicyclic) bond motifs is 1. The molecule has 2 aliphatic heterocycles. The maximum Gasteiger partial charge on any atom is 0.343 e. The fraction of sp³-hybridized carbons (Fsp3) is 0.474. The van der Waals surface area contributed by atoms with Gasteiger partial charge in [0.05, 0.1) is 19.8 Å². The van der Waals surface area contributed by atoms with Crippen molar-refractivity contribution >= 4 is 11.8 Å². The summed E-state index contributed by atoms with van der Waals surface area (Å²) in [6.45, 7) is 4.51. The number of carbonyl (C=O) groups is 1. The summed E-state index contributed by atoms with van der Waals surface area (Å²) in [7, 11) is 1.58. The summed E-state index contributed by atoms with van der Waals surface area (Å²) in [4.78, 5) is 14.3. The number of carboxylic acids is 1. The molecule has 1 aromatic heterocycles. The van der Waals surface area contributed by atoms with Gasteiger partial charge >= 0.3 is 5.97 Å². The molecule has 0 amide bonds. The molecular weight excluding hydrogens is 350 g/mol. The molecule has 0 unspecified atom stereocenters. The van der Waals surface area contributed by atoms with Gasteiger partial charge in [0.1, 0.15) is 5.75 Å². The number of nitrogens with one attached hydrogen (secondary N) is 1. The van der Waals surface area contributed by atoms with Crippen molar-refractivity contribution in [1.29, 1.82) is 0 Å². The van der Waals surface area contributed by atoms with Crippen LogP contribution in [0, 0.1) is 0 Å². The third kappa shape index (κ3) is 3.50. The lowest BCUT2D eigenvalue weighted by atomic mass is 10.1. The minimum Gasteiger partial charge on any atom is -0.497 e. The zero-order chi connectivity index (χ0) is 19.0. The van der Waals surface area contributed by atoms with E-state index in [0.29, 0.717) is 24.0 Å². The topological polar surface area (TPSA) is 97.1 Å². The van der Waals surface area contributed by atoms with Gasteiger partial charge < -0.3 is 24.4 Å². The molecule has 2 N–H and O–H groups in total. The van der Waals surface area contributed by atoms with Crippen LogP contribution in [0.15, 0.2) is 28.8 Å². The summed E-state index contributed by atoms with van der Waals surface area (Å²) in [5.41, 5.74) is 0.689. The molecule has 2 fully saturated rings. The highest BCUT2D eigenvalue weighted by Crippen LogP contribution is 2.32. The first-order valence-electron chi connectivity index (χ1n) is 9.04. The van der Waals surface area contributed by atoms with Crippen molar-refractivity contribution in [3.05, 3.63) is 29.8 Å². The molecule has 2 saturated heterocycles. The van der Waals surface area contributed by atoms with E-state index in [2.05, 4.69) is 22.3 Å². The fourth-order valence-electron chi connectivity index (χ4n) is 3.86. The van der Waals surface area contributed by atoms with Gasteiger partial charge in [-0.3, -0.25) is 4.90 Å². The lowest BCUT2D eigenvalue weighted by Gasteiger charge is -2.33. The van der Waals surface area contributed by atoms with Gasteiger partial charge in [0.25, 0.3) is 0 Å². The first kappa shape index (κ1) is 17.8. The Morgan fingerprint density at radius 3 is 2.81 bits per heavy atom. The van der Waals surface area contributed by atoms with Crippen molar-refractivity contribution in [3.8, 4) is 17.1 Å². The number of aromatic nitrogens is 1. The van der Waals surface area contributed by atoms with Gasteiger partial charge in [0.15, 0.2) is 17.1 Å². The fourth-order valence-corrected chi connectivity index (χ4v) is 3.86. The van der Waals surface area contributed by atoms with Crippen LogP contribution in [0.1, 0.15) is 23.7 Å². The molecule has 3 heterocycles. The van der Waals surface area contributed by atoms with Crippen molar-refractivity contribution in [1.82, 2.24) is 10.1 Å². The highest BCUT2D eigenvalue weighted by atomic mass is 16.5. The maximum absolute atomic E-state index is 11.9. The number of ether oxygens (including phenoxy) is 2. The third-order valence-corrected chi connectivity index (χ3v) is 5.19. The highest BCUT2D eigenvalue weighted by Gasteiger charge is 2.37. The molecule has 144 valence electrons. The molecule has 0 spiro atoms. The molecule has 3 atom stereocenters. The average Bonchev–Trinajstić information content (AvgIpc) is 3.25. The van der Waals surface area contributed by atoms with Gasteiger partial charge in [0, 0.05) is 30.7 Å². The first-order chi connectivity index (χ1) is 13.0. The van der Waals surface area contributed by atoms with E-state index in [9.17, 15) is 9.90 Å². The molecule has 1 aromatic carbocycles. The van der Waals surface area contributed by atoms with Crippen molar-refractivity contribution in [2.75, 3.05) is 32.1 Å². The summed E-state index contributed by atoms with van der Waals surface area (Å²) in [6.07, 6.45) is 1.11. The van der Waals surface area contributed by atoms with Crippen molar-refractivity contribution in [2.24, 2.45) is 0 Å². The smallest absolute Gasteiger partial charge is 0.343 e. The Kier molecular flexibility index (Phi) is 4.75. The predicted octanol–water partition coefficient (Wildman–Crippen LogP) is 2.32. The SMILES string of the molecule is COc1ccc(-c2onc(N[C@@H]3C[C@H]4CO[C@H](C)CN4C3)c2C(=O)O)cc1. The Balaban J connectivity index is 1.55. The second-order valence-electron chi connectivity index (χ2n) is 7.10. The van der Waals surface area contributed by atoms with Crippen LogP contribution in [-0.4, -0.2) is 66.1 Å². The van der Waals surface area contributed by atoms with Crippen LogP contribution < -0.4 is 10.1 Å². The number of anilines is 1. The van der Waals surface area contributed by atoms with Gasteiger partial charge in [-0.2, -0.15) is 0 Å². The number of methoxy groups -OCH3 is 1. The largest absolute Gasteiger partial charge is 0.497 e. The Bertz CT molecular complexity index is 819. The van der Waals surface area contributed by atoms with E-state index < -0.39 is 5.97 Å². The predicted molar refractivity (Wildman–Crippen MR) is 98.3 cm³/mol. The quantitative estimate of drug-likeness (QED) is 0.824. The van der Waals surface area contributed by atoms with Crippen LogP contribution in [-0.2, 0) is 4.74 Å². The van der Waals surface area contributed by atoms with Gasteiger partial charge in [-0.1, -0.05) is 5.16 Å². The average molecular weight is 373 g/mol. The molecule has 4 rings (SSSR count). The Morgan fingerprint density at radius 2 is 2.11 bits per heavy atom. The number of benzene rings is 1. The minimum atomic E-state index is -1.07. The Morgan fingerprint density at radius 1 is 1.33 bits per heavy atom. The normalized spacial score (nSPS) is 25.2. The van der Waals surface area contributed by atoms with Gasteiger partial charge in [-0.05, 0) is 37.6 Å². The van der Waals surface area contributed by atoms with Gasteiger partial charge in [-0.15, -0.1) is 0 Å². The van der Waals surface area contributed by atoms with E-state index in [1.165, 1.54) is 0 Å². The number of rotatable bonds is 5. The second kappa shape index (κ2) is 7.21. The molecule has 0 bridgehead atoms. The number of carboxylic acid groups (broad SMARTS) is 1. The zero-order valence-electron chi connectivity index (χ0n) is 15.3. The van der Waals surface area contributed by atoms with E-state index in [0.717, 1.165) is 19.5 Å². The zero-order valence-corrected chi connectivity index (χ0v) is 15.3. The number of hydrogen-bond acceptors (Lipinski definition) is 7. The Labute approximate surface area is 157 Å². The van der Waals surface area contributed by atoms with E-state index in [1.54, 1.807) is 31.4 Å². The molecular formula is C19H23N3O5. The van der Waals surface area contributed by atoms with Crippen molar-refractivity contribution < 1.29 is 23.9 Å². The van der Waals surface area contributed by atoms with E-state index >= 15 is 0 Å². The number of aromatic carboxylic acids is 1. The summed E-state index contributed by atoms with van der Waals surface area (Å²) in [5, 5.41) is 17.0. The van der Waals surface area contributed by atoms with Crippen LogP contribution in [0.25, 0.3) is 11.3 Å². The van der Waals surface area contributed by atoms with Crippen molar-refractivity contribution in [2.45, 2.75) is 31.5 Å². The lowest BCUT2D eigenvalue weighted by Crippen LogP contribution is -2.45. The van der Waals surface area contributed by atoms with Crippen LogP contribution in [0.5, 0.6) is 5.75 Å². The molecule has 2 aliphatic rings. The molecule has 8 nitrogen and oxygen atoms in total. The van der Waals surface area contributed by atoms with Crippen LogP contribution in [0.4, 0.5) is 5.82 Å². The minimum absolute atomic E-state index is 0.0506. The molecule has 0 aliphatic carbocycles. The molecule has 0 radical (unpaired) electrons. The maximum atomic E-state index is 11.9. The van der Waals surface area contributed by atoms with E-state index in [4.69, 9.17) is 14.0 Å². The Hall–Kier alpha value is -2.58.